The first-order valence-corrected chi connectivity index (χ1v) is 6.18. The molecule has 0 aliphatic heterocycles. The third kappa shape index (κ3) is 3.88. The van der Waals surface area contributed by atoms with Gasteiger partial charge in [0.1, 0.15) is 11.5 Å². The number of hydrogen-bond acceptors (Lipinski definition) is 3. The van der Waals surface area contributed by atoms with Crippen molar-refractivity contribution in [2.24, 2.45) is 5.92 Å². The average molecular weight is 270 g/mol. The number of anilines is 1. The molecule has 0 aromatic carbocycles. The van der Waals surface area contributed by atoms with E-state index in [-0.39, 0.29) is 24.4 Å². The molecule has 0 spiro atoms. The van der Waals surface area contributed by atoms with E-state index in [2.05, 4.69) is 17.2 Å². The van der Waals surface area contributed by atoms with Crippen LogP contribution >= 0.6 is 12.4 Å². The lowest BCUT2D eigenvalue weighted by Gasteiger charge is -2.27. The van der Waals surface area contributed by atoms with Gasteiger partial charge in [-0.2, -0.15) is 0 Å². The molecular formula is C13H20ClN3O. The molecule has 18 heavy (non-hydrogen) atoms. The molecule has 1 heterocycles. The van der Waals surface area contributed by atoms with Crippen molar-refractivity contribution < 1.29 is 4.79 Å². The third-order valence-corrected chi connectivity index (χ3v) is 3.27. The molecule has 1 saturated carbocycles. The van der Waals surface area contributed by atoms with Gasteiger partial charge < -0.3 is 11.1 Å². The Bertz CT molecular complexity index is 411. The molecule has 3 N–H and O–H groups in total. The minimum atomic E-state index is -0.114. The standard InChI is InChI=1S/C13H19N3O.ClH/c1-9-4-2-5-10(8-9)15-13(17)11-6-3-7-12(14)16-11;/h3,6-7,9-10H,2,4-5,8H2,1H3,(H2,14,16)(H,15,17);1H. The first-order chi connectivity index (χ1) is 8.15. The van der Waals surface area contributed by atoms with E-state index in [1.165, 1.54) is 12.8 Å². The molecule has 2 atom stereocenters. The maximum atomic E-state index is 11.9. The van der Waals surface area contributed by atoms with Crippen molar-refractivity contribution in [2.75, 3.05) is 5.73 Å². The molecule has 1 aromatic heterocycles. The first-order valence-electron chi connectivity index (χ1n) is 6.18. The van der Waals surface area contributed by atoms with Gasteiger partial charge in [-0.3, -0.25) is 4.79 Å². The maximum absolute atomic E-state index is 11.9. The molecule has 1 aliphatic rings. The first kappa shape index (κ1) is 14.8. The van der Waals surface area contributed by atoms with Crippen molar-refractivity contribution in [1.29, 1.82) is 0 Å². The number of rotatable bonds is 2. The number of pyridine rings is 1. The van der Waals surface area contributed by atoms with Gasteiger partial charge >= 0.3 is 0 Å². The van der Waals surface area contributed by atoms with Crippen molar-refractivity contribution in [3.8, 4) is 0 Å². The fourth-order valence-electron chi connectivity index (χ4n) is 2.40. The van der Waals surface area contributed by atoms with Gasteiger partial charge in [0, 0.05) is 6.04 Å². The zero-order chi connectivity index (χ0) is 12.3. The van der Waals surface area contributed by atoms with Crippen LogP contribution < -0.4 is 11.1 Å². The van der Waals surface area contributed by atoms with Gasteiger partial charge in [0.2, 0.25) is 0 Å². The molecule has 1 aliphatic carbocycles. The smallest absolute Gasteiger partial charge is 0.270 e. The van der Waals surface area contributed by atoms with Gasteiger partial charge in [0.25, 0.3) is 5.91 Å². The predicted molar refractivity (Wildman–Crippen MR) is 74.8 cm³/mol. The van der Waals surface area contributed by atoms with Gasteiger partial charge in [-0.1, -0.05) is 25.8 Å². The van der Waals surface area contributed by atoms with Crippen LogP contribution in [0.5, 0.6) is 0 Å². The fraction of sp³-hybridized carbons (Fsp3) is 0.538. The minimum absolute atomic E-state index is 0. The SMILES string of the molecule is CC1CCCC(NC(=O)c2cccc(N)n2)C1.Cl. The lowest BCUT2D eigenvalue weighted by molar-refractivity contribution is 0.0916. The van der Waals surface area contributed by atoms with E-state index in [1.807, 2.05) is 0 Å². The highest BCUT2D eigenvalue weighted by molar-refractivity contribution is 5.92. The molecule has 1 amide bonds. The number of carbonyl (C=O) groups is 1. The number of hydrogen-bond donors (Lipinski definition) is 2. The number of aromatic nitrogens is 1. The zero-order valence-corrected chi connectivity index (χ0v) is 11.4. The van der Waals surface area contributed by atoms with E-state index < -0.39 is 0 Å². The number of nitrogen functional groups attached to an aromatic ring is 1. The Labute approximate surface area is 114 Å². The van der Waals surface area contributed by atoms with Crippen LogP contribution in [0.2, 0.25) is 0 Å². The van der Waals surface area contributed by atoms with Gasteiger partial charge in [0.05, 0.1) is 0 Å². The summed E-state index contributed by atoms with van der Waals surface area (Å²) >= 11 is 0. The minimum Gasteiger partial charge on any atom is -0.384 e. The van der Waals surface area contributed by atoms with Gasteiger partial charge in [-0.15, -0.1) is 12.4 Å². The molecule has 2 rings (SSSR count). The summed E-state index contributed by atoms with van der Waals surface area (Å²) in [4.78, 5) is 16.0. The number of nitrogens with two attached hydrogens (primary N) is 1. The lowest BCUT2D eigenvalue weighted by Crippen LogP contribution is -2.38. The number of nitrogens with zero attached hydrogens (tertiary/aromatic N) is 1. The maximum Gasteiger partial charge on any atom is 0.270 e. The van der Waals surface area contributed by atoms with E-state index in [0.717, 1.165) is 12.8 Å². The van der Waals surface area contributed by atoms with Crippen LogP contribution in [0.3, 0.4) is 0 Å². The summed E-state index contributed by atoms with van der Waals surface area (Å²) in [5.41, 5.74) is 5.97. The quantitative estimate of drug-likeness (QED) is 0.866. The van der Waals surface area contributed by atoms with Crippen LogP contribution in [-0.4, -0.2) is 16.9 Å². The zero-order valence-electron chi connectivity index (χ0n) is 10.6. The van der Waals surface area contributed by atoms with E-state index in [9.17, 15) is 4.79 Å². The monoisotopic (exact) mass is 269 g/mol. The summed E-state index contributed by atoms with van der Waals surface area (Å²) in [5.74, 6) is 0.967. The summed E-state index contributed by atoms with van der Waals surface area (Å²) in [6.07, 6.45) is 4.59. The van der Waals surface area contributed by atoms with Gasteiger partial charge in [-0.25, -0.2) is 4.98 Å². The van der Waals surface area contributed by atoms with Crippen molar-refractivity contribution in [3.63, 3.8) is 0 Å². The fourth-order valence-corrected chi connectivity index (χ4v) is 2.40. The van der Waals surface area contributed by atoms with Gasteiger partial charge in [0.15, 0.2) is 0 Å². The molecule has 1 fully saturated rings. The van der Waals surface area contributed by atoms with Crippen LogP contribution in [0.4, 0.5) is 5.82 Å². The van der Waals surface area contributed by atoms with E-state index in [4.69, 9.17) is 5.73 Å². The lowest BCUT2D eigenvalue weighted by atomic mass is 9.87. The van der Waals surface area contributed by atoms with Crippen LogP contribution in [0, 0.1) is 5.92 Å². The largest absolute Gasteiger partial charge is 0.384 e. The summed E-state index contributed by atoms with van der Waals surface area (Å²) in [7, 11) is 0. The molecular weight excluding hydrogens is 250 g/mol. The number of nitrogens with one attached hydrogen (secondary N) is 1. The highest BCUT2D eigenvalue weighted by Gasteiger charge is 2.21. The van der Waals surface area contributed by atoms with Crippen molar-refractivity contribution in [3.05, 3.63) is 23.9 Å². The third-order valence-electron chi connectivity index (χ3n) is 3.27. The molecule has 1 aromatic rings. The molecule has 0 bridgehead atoms. The second kappa shape index (κ2) is 6.59. The molecule has 100 valence electrons. The highest BCUT2D eigenvalue weighted by atomic mass is 35.5. The number of halogens is 1. The molecule has 0 radical (unpaired) electrons. The van der Waals surface area contributed by atoms with Crippen molar-refractivity contribution in [1.82, 2.24) is 10.3 Å². The molecule has 0 saturated heterocycles. The predicted octanol–water partition coefficient (Wildman–Crippen LogP) is 2.39. The number of amides is 1. The van der Waals surface area contributed by atoms with E-state index in [0.29, 0.717) is 17.4 Å². The summed E-state index contributed by atoms with van der Waals surface area (Å²) in [5, 5.41) is 3.04. The normalized spacial score (nSPS) is 22.9. The highest BCUT2D eigenvalue weighted by Crippen LogP contribution is 2.23. The number of carbonyl (C=O) groups excluding carboxylic acids is 1. The Morgan fingerprint density at radius 3 is 2.89 bits per heavy atom. The van der Waals surface area contributed by atoms with Crippen LogP contribution in [0.25, 0.3) is 0 Å². The summed E-state index contributed by atoms with van der Waals surface area (Å²) in [6.45, 7) is 2.23. The Balaban J connectivity index is 0.00000162. The summed E-state index contributed by atoms with van der Waals surface area (Å²) in [6, 6.07) is 5.41. The second-order valence-corrected chi connectivity index (χ2v) is 4.89. The molecule has 2 unspecified atom stereocenters. The van der Waals surface area contributed by atoms with Crippen molar-refractivity contribution >= 4 is 24.1 Å². The molecule has 5 heteroatoms. The van der Waals surface area contributed by atoms with Crippen LogP contribution in [-0.2, 0) is 0 Å². The average Bonchev–Trinajstić information content (AvgIpc) is 2.29. The van der Waals surface area contributed by atoms with E-state index >= 15 is 0 Å². The molecule has 4 nitrogen and oxygen atoms in total. The topological polar surface area (TPSA) is 68.0 Å². The van der Waals surface area contributed by atoms with Crippen molar-refractivity contribution in [2.45, 2.75) is 38.6 Å². The Hall–Kier alpha value is -1.29. The summed E-state index contributed by atoms with van der Waals surface area (Å²) < 4.78 is 0. The second-order valence-electron chi connectivity index (χ2n) is 4.89. The van der Waals surface area contributed by atoms with Crippen LogP contribution in [0.1, 0.15) is 43.1 Å². The Kier molecular flexibility index (Phi) is 5.41. The Morgan fingerprint density at radius 1 is 1.44 bits per heavy atom. The Morgan fingerprint density at radius 2 is 2.22 bits per heavy atom. The van der Waals surface area contributed by atoms with E-state index in [1.54, 1.807) is 18.2 Å². The van der Waals surface area contributed by atoms with Crippen LogP contribution in [0.15, 0.2) is 18.2 Å². The van der Waals surface area contributed by atoms with Gasteiger partial charge in [-0.05, 0) is 30.9 Å².